The van der Waals surface area contributed by atoms with Crippen molar-refractivity contribution >= 4 is 86.9 Å². The van der Waals surface area contributed by atoms with Gasteiger partial charge in [-0.15, -0.1) is 0 Å². The van der Waals surface area contributed by atoms with Crippen LogP contribution in [-0.4, -0.2) is 73.5 Å². The van der Waals surface area contributed by atoms with E-state index in [1.165, 1.54) is 18.2 Å². The van der Waals surface area contributed by atoms with Crippen LogP contribution in [0.3, 0.4) is 0 Å². The number of aryl methyl sites for hydroxylation is 1. The number of imidazole rings is 1. The number of anilines is 1. The number of carbonyl (C=O) groups is 1. The molecule has 1 unspecified atom stereocenters. The van der Waals surface area contributed by atoms with Crippen LogP contribution in [0.1, 0.15) is 17.3 Å². The third-order valence-electron chi connectivity index (χ3n) is 3.78. The van der Waals surface area contributed by atoms with Crippen molar-refractivity contribution in [3.05, 3.63) is 53.8 Å². The van der Waals surface area contributed by atoms with Gasteiger partial charge in [-0.1, -0.05) is 12.1 Å². The Morgan fingerprint density at radius 2 is 2.00 bits per heavy atom. The Kier molecular flexibility index (Phi) is 6.95. The number of halogens is 1. The first-order chi connectivity index (χ1) is 11.8. The number of benzene rings is 2. The number of carbonyl (C=O) groups excluding carboxylic acids is 1. The maximum atomic E-state index is 13.7. The fourth-order valence-electron chi connectivity index (χ4n) is 2.66. The van der Waals surface area contributed by atoms with E-state index >= 15 is 0 Å². The molecule has 0 aliphatic heterocycles. The van der Waals surface area contributed by atoms with E-state index in [-0.39, 0.29) is 62.5 Å². The average Bonchev–Trinajstić information content (AvgIpc) is 2.93. The average molecular weight is 399 g/mol. The molecule has 0 spiro atoms. The summed E-state index contributed by atoms with van der Waals surface area (Å²) in [4.78, 5) is 28.3. The van der Waals surface area contributed by atoms with Crippen LogP contribution in [-0.2, 0) is 11.1 Å². The number of fused-ring (bicyclic) bond motifs is 1. The van der Waals surface area contributed by atoms with Crippen LogP contribution < -0.4 is 15.8 Å². The fraction of sp³-hybridized carbons (Fsp3) is 0.176. The molecule has 0 fully saturated rings. The first kappa shape index (κ1) is 21.4. The van der Waals surface area contributed by atoms with Gasteiger partial charge in [-0.05, 0) is 43.9 Å². The van der Waals surface area contributed by atoms with Gasteiger partial charge in [0.15, 0.2) is 5.57 Å². The molecule has 3 rings (SSSR count). The molecule has 3 aromatic rings. The van der Waals surface area contributed by atoms with E-state index in [1.807, 2.05) is 6.92 Å². The molecule has 1 amide bonds. The number of nitrogens with one attached hydrogen (secondary N) is 1. The Morgan fingerprint density at radius 1 is 1.31 bits per heavy atom. The van der Waals surface area contributed by atoms with Gasteiger partial charge in [-0.3, -0.25) is 4.79 Å². The Morgan fingerprint density at radius 3 is 2.62 bits per heavy atom. The number of hydrogen-bond acceptors (Lipinski definition) is 4. The van der Waals surface area contributed by atoms with Crippen LogP contribution in [0.4, 0.5) is 10.1 Å². The van der Waals surface area contributed by atoms with Crippen LogP contribution >= 0.6 is 7.37 Å². The van der Waals surface area contributed by atoms with E-state index in [2.05, 4.69) is 10.3 Å². The van der Waals surface area contributed by atoms with Crippen molar-refractivity contribution in [2.75, 3.05) is 12.0 Å². The standard InChI is InChI=1S/C17H17FN3O3P.K/c1-3-21-15-9-8-11(10-14(15)20-17(21)25(2,23)24)19-16(22)12-6-4-5-7-13(12)18;/h4-10H,3H2,1-2H3,(H,19,22)(H,23,24);/p-1. The number of hydrogen-bond donors (Lipinski definition) is 1. The Balaban J connectivity index is 0.00000243. The minimum absolute atomic E-state index is 0. The van der Waals surface area contributed by atoms with E-state index in [0.717, 1.165) is 6.66 Å². The quantitative estimate of drug-likeness (QED) is 0.537. The number of aromatic nitrogens is 2. The summed E-state index contributed by atoms with van der Waals surface area (Å²) in [5, 5.41) is 2.60. The van der Waals surface area contributed by atoms with Crippen LogP contribution in [0.15, 0.2) is 42.5 Å². The van der Waals surface area contributed by atoms with Gasteiger partial charge in [-0.2, -0.15) is 0 Å². The second-order valence-corrected chi connectivity index (χ2v) is 7.73. The summed E-state index contributed by atoms with van der Waals surface area (Å²) in [7, 11) is -3.78. The minimum Gasteiger partial charge on any atom is -0.794 e. The Labute approximate surface area is 192 Å². The summed E-state index contributed by atoms with van der Waals surface area (Å²) >= 11 is 0. The zero-order valence-corrected chi connectivity index (χ0v) is 18.7. The van der Waals surface area contributed by atoms with Crippen LogP contribution in [0.5, 0.6) is 0 Å². The van der Waals surface area contributed by atoms with Crippen LogP contribution in [0.2, 0.25) is 0 Å². The van der Waals surface area contributed by atoms with Crippen molar-refractivity contribution < 1.29 is 18.6 Å². The molecular weight excluding hydrogens is 383 g/mol. The summed E-state index contributed by atoms with van der Waals surface area (Å²) in [5.41, 5.74) is 1.44. The predicted molar refractivity (Wildman–Crippen MR) is 98.7 cm³/mol. The molecule has 131 valence electrons. The van der Waals surface area contributed by atoms with Crippen molar-refractivity contribution in [2.45, 2.75) is 13.5 Å². The Bertz CT molecular complexity index is 1020. The molecule has 0 bridgehead atoms. The molecule has 2 aromatic carbocycles. The van der Waals surface area contributed by atoms with Crippen molar-refractivity contribution in [1.29, 1.82) is 0 Å². The second-order valence-electron chi connectivity index (χ2n) is 5.64. The zero-order valence-electron chi connectivity index (χ0n) is 14.7. The molecule has 26 heavy (non-hydrogen) atoms. The summed E-state index contributed by atoms with van der Waals surface area (Å²) in [5.74, 6) is -1.20. The SMILES string of the molecule is CCn1c(P(C)(=O)[O-])nc2cc(NC(=O)c3ccccc3F)ccc21.[K]. The summed E-state index contributed by atoms with van der Waals surface area (Å²) in [6.45, 7) is 3.40. The molecule has 6 nitrogen and oxygen atoms in total. The number of rotatable bonds is 4. The molecule has 1 atom stereocenters. The number of nitrogens with zero attached hydrogens (tertiary/aromatic N) is 2. The second kappa shape index (κ2) is 8.44. The molecule has 0 saturated carbocycles. The van der Waals surface area contributed by atoms with Gasteiger partial charge in [0.25, 0.3) is 5.91 Å². The van der Waals surface area contributed by atoms with E-state index < -0.39 is 19.1 Å². The van der Waals surface area contributed by atoms with E-state index in [1.54, 1.807) is 28.8 Å². The first-order valence-electron chi connectivity index (χ1n) is 7.66. The van der Waals surface area contributed by atoms with E-state index in [4.69, 9.17) is 0 Å². The van der Waals surface area contributed by atoms with Gasteiger partial charge in [0.05, 0.1) is 24.0 Å². The molecule has 9 heteroatoms. The van der Waals surface area contributed by atoms with Gasteiger partial charge < -0.3 is 19.3 Å². The van der Waals surface area contributed by atoms with Crippen LogP contribution in [0, 0.1) is 5.82 Å². The molecule has 0 aliphatic carbocycles. The van der Waals surface area contributed by atoms with Gasteiger partial charge in [0.2, 0.25) is 0 Å². The smallest absolute Gasteiger partial charge is 0.258 e. The van der Waals surface area contributed by atoms with E-state index in [9.17, 15) is 18.6 Å². The predicted octanol–water partition coefficient (Wildman–Crippen LogP) is 1.96. The maximum absolute atomic E-state index is 13.7. The van der Waals surface area contributed by atoms with Crippen molar-refractivity contribution in [3.63, 3.8) is 0 Å². The first-order valence-corrected chi connectivity index (χ1v) is 9.73. The summed E-state index contributed by atoms with van der Waals surface area (Å²) in [6, 6.07) is 10.6. The van der Waals surface area contributed by atoms with Crippen molar-refractivity contribution in [3.8, 4) is 0 Å². The maximum Gasteiger partial charge on any atom is 0.258 e. The molecule has 0 aliphatic rings. The van der Waals surface area contributed by atoms with Gasteiger partial charge >= 0.3 is 0 Å². The summed E-state index contributed by atoms with van der Waals surface area (Å²) < 4.78 is 27.2. The minimum atomic E-state index is -3.78. The fourth-order valence-corrected chi connectivity index (χ4v) is 3.64. The van der Waals surface area contributed by atoms with E-state index in [0.29, 0.717) is 23.3 Å². The third-order valence-corrected chi connectivity index (χ3v) is 4.85. The molecule has 1 N–H and O–H groups in total. The van der Waals surface area contributed by atoms with Crippen molar-refractivity contribution in [2.24, 2.45) is 0 Å². The molecular formula is C17H16FKN3O3P-. The third kappa shape index (κ3) is 4.34. The monoisotopic (exact) mass is 399 g/mol. The number of amides is 1. The van der Waals surface area contributed by atoms with Gasteiger partial charge in [0.1, 0.15) is 5.82 Å². The van der Waals surface area contributed by atoms with Gasteiger partial charge in [0, 0.05) is 63.6 Å². The molecule has 1 heterocycles. The topological polar surface area (TPSA) is 87.1 Å². The van der Waals surface area contributed by atoms with Gasteiger partial charge in [-0.25, -0.2) is 9.37 Å². The molecule has 1 radical (unpaired) electrons. The summed E-state index contributed by atoms with van der Waals surface area (Å²) in [6.07, 6.45) is 0. The van der Waals surface area contributed by atoms with Crippen molar-refractivity contribution in [1.82, 2.24) is 9.55 Å². The largest absolute Gasteiger partial charge is 0.794 e. The molecule has 0 saturated heterocycles. The normalized spacial score (nSPS) is 13.1. The zero-order chi connectivity index (χ0) is 18.2. The Hall–Kier alpha value is -0.864. The molecule has 1 aromatic heterocycles. The van der Waals surface area contributed by atoms with Crippen LogP contribution in [0.25, 0.3) is 11.0 Å².